The monoisotopic (exact) mass is 243 g/mol. The van der Waals surface area contributed by atoms with E-state index in [4.69, 9.17) is 4.74 Å². The maximum absolute atomic E-state index is 11.2. The molecule has 1 aromatic heterocycles. The molecule has 0 radical (unpaired) electrons. The minimum Gasteiger partial charge on any atom is -0.463 e. The van der Waals surface area contributed by atoms with E-state index in [0.29, 0.717) is 12.2 Å². The number of hydrogen-bond donors (Lipinski definition) is 1. The van der Waals surface area contributed by atoms with Crippen LogP contribution >= 0.6 is 0 Å². The van der Waals surface area contributed by atoms with Gasteiger partial charge in [-0.3, -0.25) is 4.79 Å². The van der Waals surface area contributed by atoms with Crippen LogP contribution < -0.4 is 0 Å². The van der Waals surface area contributed by atoms with E-state index < -0.39 is 0 Å². The molecule has 0 saturated heterocycles. The molecule has 0 fully saturated rings. The third-order valence-electron chi connectivity index (χ3n) is 2.59. The SMILES string of the molecule is CCOC(=O)/C=C/c1cccc2c(C=O)c[nH]c12. The van der Waals surface area contributed by atoms with Crippen molar-refractivity contribution in [3.63, 3.8) is 0 Å². The van der Waals surface area contributed by atoms with Crippen LogP contribution in [0.25, 0.3) is 17.0 Å². The lowest BCUT2D eigenvalue weighted by Gasteiger charge is -1.98. The van der Waals surface area contributed by atoms with Gasteiger partial charge in [0.15, 0.2) is 6.29 Å². The molecule has 2 aromatic rings. The largest absolute Gasteiger partial charge is 0.463 e. The number of aromatic nitrogens is 1. The Kier molecular flexibility index (Phi) is 3.57. The van der Waals surface area contributed by atoms with Crippen LogP contribution in [-0.2, 0) is 9.53 Å². The van der Waals surface area contributed by atoms with Crippen molar-refractivity contribution in [2.45, 2.75) is 6.92 Å². The minimum atomic E-state index is -0.378. The van der Waals surface area contributed by atoms with Crippen LogP contribution in [-0.4, -0.2) is 23.8 Å². The van der Waals surface area contributed by atoms with Crippen LogP contribution in [0.5, 0.6) is 0 Å². The molecular weight excluding hydrogens is 230 g/mol. The molecule has 0 atom stereocenters. The van der Waals surface area contributed by atoms with Crippen molar-refractivity contribution in [2.24, 2.45) is 0 Å². The number of para-hydroxylation sites is 1. The molecule has 0 aliphatic carbocycles. The number of aromatic amines is 1. The summed E-state index contributed by atoms with van der Waals surface area (Å²) < 4.78 is 4.81. The van der Waals surface area contributed by atoms with E-state index in [2.05, 4.69) is 4.98 Å². The Morgan fingerprint density at radius 1 is 1.39 bits per heavy atom. The maximum atomic E-state index is 11.2. The van der Waals surface area contributed by atoms with Gasteiger partial charge in [0.2, 0.25) is 0 Å². The Morgan fingerprint density at radius 3 is 2.94 bits per heavy atom. The zero-order valence-electron chi connectivity index (χ0n) is 9.97. The number of ether oxygens (including phenoxy) is 1. The number of hydrogen-bond acceptors (Lipinski definition) is 3. The van der Waals surface area contributed by atoms with E-state index in [-0.39, 0.29) is 5.97 Å². The lowest BCUT2D eigenvalue weighted by molar-refractivity contribution is -0.137. The van der Waals surface area contributed by atoms with Crippen LogP contribution in [0.1, 0.15) is 22.8 Å². The predicted molar refractivity (Wildman–Crippen MR) is 69.4 cm³/mol. The van der Waals surface area contributed by atoms with Crippen molar-refractivity contribution in [3.05, 3.63) is 41.6 Å². The molecule has 18 heavy (non-hydrogen) atoms. The summed E-state index contributed by atoms with van der Waals surface area (Å²) in [4.78, 5) is 25.1. The molecule has 0 bridgehead atoms. The van der Waals surface area contributed by atoms with Gasteiger partial charge in [-0.1, -0.05) is 18.2 Å². The summed E-state index contributed by atoms with van der Waals surface area (Å²) in [5, 5.41) is 0.844. The number of nitrogens with one attached hydrogen (secondary N) is 1. The van der Waals surface area contributed by atoms with Gasteiger partial charge in [-0.15, -0.1) is 0 Å². The maximum Gasteiger partial charge on any atom is 0.330 e. The number of carbonyl (C=O) groups excluding carboxylic acids is 2. The molecular formula is C14H13NO3. The fourth-order valence-electron chi connectivity index (χ4n) is 1.78. The number of fused-ring (bicyclic) bond motifs is 1. The van der Waals surface area contributed by atoms with Gasteiger partial charge in [0.05, 0.1) is 12.1 Å². The van der Waals surface area contributed by atoms with Crippen LogP contribution in [0.3, 0.4) is 0 Å². The Hall–Kier alpha value is -2.36. The summed E-state index contributed by atoms with van der Waals surface area (Å²) in [7, 11) is 0. The first-order valence-electron chi connectivity index (χ1n) is 5.66. The second-order valence-corrected chi connectivity index (χ2v) is 3.72. The second kappa shape index (κ2) is 5.31. The van der Waals surface area contributed by atoms with Gasteiger partial charge in [0.25, 0.3) is 0 Å². The van der Waals surface area contributed by atoms with E-state index in [9.17, 15) is 9.59 Å². The highest BCUT2D eigenvalue weighted by atomic mass is 16.5. The van der Waals surface area contributed by atoms with E-state index in [1.807, 2.05) is 18.2 Å². The Balaban J connectivity index is 2.37. The summed E-state index contributed by atoms with van der Waals surface area (Å²) in [5.41, 5.74) is 2.28. The van der Waals surface area contributed by atoms with Crippen molar-refractivity contribution in [3.8, 4) is 0 Å². The number of aldehydes is 1. The molecule has 4 nitrogen and oxygen atoms in total. The molecule has 0 spiro atoms. The highest BCUT2D eigenvalue weighted by Crippen LogP contribution is 2.21. The zero-order valence-corrected chi connectivity index (χ0v) is 9.97. The summed E-state index contributed by atoms with van der Waals surface area (Å²) >= 11 is 0. The average molecular weight is 243 g/mol. The topological polar surface area (TPSA) is 59.2 Å². The minimum absolute atomic E-state index is 0.352. The first-order valence-corrected chi connectivity index (χ1v) is 5.66. The third-order valence-corrected chi connectivity index (χ3v) is 2.59. The van der Waals surface area contributed by atoms with Crippen molar-refractivity contribution in [1.82, 2.24) is 4.98 Å². The average Bonchev–Trinajstić information content (AvgIpc) is 2.80. The molecule has 2 rings (SSSR count). The lowest BCUT2D eigenvalue weighted by Crippen LogP contribution is -1.98. The van der Waals surface area contributed by atoms with Gasteiger partial charge in [-0.05, 0) is 18.6 Å². The number of carbonyl (C=O) groups is 2. The summed E-state index contributed by atoms with van der Waals surface area (Å²) in [5.74, 6) is -0.378. The van der Waals surface area contributed by atoms with Crippen LogP contribution in [0.4, 0.5) is 0 Å². The predicted octanol–water partition coefficient (Wildman–Crippen LogP) is 2.56. The van der Waals surface area contributed by atoms with E-state index >= 15 is 0 Å². The number of benzene rings is 1. The Bertz CT molecular complexity index is 611. The summed E-state index contributed by atoms with van der Waals surface area (Å²) in [6.07, 6.45) is 5.50. The van der Waals surface area contributed by atoms with E-state index in [1.165, 1.54) is 6.08 Å². The third kappa shape index (κ3) is 2.32. The van der Waals surface area contributed by atoms with Gasteiger partial charge < -0.3 is 9.72 Å². The lowest BCUT2D eigenvalue weighted by atomic mass is 10.1. The van der Waals surface area contributed by atoms with Gasteiger partial charge in [0, 0.05) is 23.2 Å². The van der Waals surface area contributed by atoms with Crippen LogP contribution in [0, 0.1) is 0 Å². The molecule has 92 valence electrons. The molecule has 4 heteroatoms. The first-order chi connectivity index (χ1) is 8.76. The van der Waals surface area contributed by atoms with Crippen molar-refractivity contribution >= 4 is 29.2 Å². The molecule has 1 aromatic carbocycles. The molecule has 0 amide bonds. The fraction of sp³-hybridized carbons (Fsp3) is 0.143. The molecule has 0 aliphatic rings. The van der Waals surface area contributed by atoms with Crippen LogP contribution in [0.2, 0.25) is 0 Å². The van der Waals surface area contributed by atoms with Gasteiger partial charge >= 0.3 is 5.97 Å². The molecule has 1 heterocycles. The molecule has 1 N–H and O–H groups in total. The summed E-state index contributed by atoms with van der Waals surface area (Å²) in [6, 6.07) is 5.56. The zero-order chi connectivity index (χ0) is 13.0. The highest BCUT2D eigenvalue weighted by molar-refractivity contribution is 6.01. The molecule has 0 saturated carbocycles. The second-order valence-electron chi connectivity index (χ2n) is 3.72. The van der Waals surface area contributed by atoms with Gasteiger partial charge in [-0.25, -0.2) is 4.79 Å². The smallest absolute Gasteiger partial charge is 0.330 e. The number of rotatable bonds is 4. The normalized spacial score (nSPS) is 10.9. The molecule has 0 aliphatic heterocycles. The highest BCUT2D eigenvalue weighted by Gasteiger charge is 2.05. The molecule has 0 unspecified atom stereocenters. The van der Waals surface area contributed by atoms with E-state index in [0.717, 1.165) is 22.8 Å². The standard InChI is InChI=1S/C14H13NO3/c1-2-18-13(17)7-6-10-4-3-5-12-11(9-16)8-15-14(10)12/h3-9,15H,2H2,1H3/b7-6+. The van der Waals surface area contributed by atoms with Crippen molar-refractivity contribution in [1.29, 1.82) is 0 Å². The first kappa shape index (κ1) is 12.1. The van der Waals surface area contributed by atoms with Crippen LogP contribution in [0.15, 0.2) is 30.5 Å². The summed E-state index contributed by atoms with van der Waals surface area (Å²) in [6.45, 7) is 2.11. The Labute approximate surface area is 104 Å². The quantitative estimate of drug-likeness (QED) is 0.510. The van der Waals surface area contributed by atoms with Gasteiger partial charge in [-0.2, -0.15) is 0 Å². The van der Waals surface area contributed by atoms with E-state index in [1.54, 1.807) is 19.2 Å². The van der Waals surface area contributed by atoms with Crippen molar-refractivity contribution in [2.75, 3.05) is 6.61 Å². The Morgan fingerprint density at radius 2 is 2.22 bits per heavy atom. The van der Waals surface area contributed by atoms with Crippen molar-refractivity contribution < 1.29 is 14.3 Å². The number of H-pyrrole nitrogens is 1. The van der Waals surface area contributed by atoms with Gasteiger partial charge in [0.1, 0.15) is 0 Å². The number of esters is 1. The fourth-order valence-corrected chi connectivity index (χ4v) is 1.78.